The summed E-state index contributed by atoms with van der Waals surface area (Å²) in [7, 11) is 0. The Kier molecular flexibility index (Phi) is 5.46. The van der Waals surface area contributed by atoms with Gasteiger partial charge in [-0.3, -0.25) is 0 Å². The van der Waals surface area contributed by atoms with Crippen molar-refractivity contribution in [2.24, 2.45) is 11.8 Å². The van der Waals surface area contributed by atoms with Gasteiger partial charge in [-0.25, -0.2) is 0 Å². The molecule has 0 radical (unpaired) electrons. The first-order valence-corrected chi connectivity index (χ1v) is 7.77. The predicted molar refractivity (Wildman–Crippen MR) is 75.8 cm³/mol. The van der Waals surface area contributed by atoms with Gasteiger partial charge in [-0.15, -0.1) is 0 Å². The van der Waals surface area contributed by atoms with Gasteiger partial charge in [0.15, 0.2) is 0 Å². The van der Waals surface area contributed by atoms with E-state index in [1.165, 1.54) is 32.4 Å². The van der Waals surface area contributed by atoms with E-state index in [-0.39, 0.29) is 0 Å². The Morgan fingerprint density at radius 2 is 2.00 bits per heavy atom. The molecule has 18 heavy (non-hydrogen) atoms. The SMILES string of the molecule is CCNCC1CCC(CN2CCC(C(C)C)C2)O1. The molecule has 0 aromatic heterocycles. The Hall–Kier alpha value is -0.120. The highest BCUT2D eigenvalue weighted by atomic mass is 16.5. The highest BCUT2D eigenvalue weighted by Gasteiger charge is 2.30. The maximum absolute atomic E-state index is 6.12. The molecule has 3 nitrogen and oxygen atoms in total. The van der Waals surface area contributed by atoms with E-state index in [1.807, 2.05) is 0 Å². The van der Waals surface area contributed by atoms with Crippen LogP contribution in [0.3, 0.4) is 0 Å². The zero-order valence-electron chi connectivity index (χ0n) is 12.3. The van der Waals surface area contributed by atoms with Gasteiger partial charge < -0.3 is 15.0 Å². The van der Waals surface area contributed by atoms with Crippen LogP contribution < -0.4 is 5.32 Å². The average molecular weight is 254 g/mol. The summed E-state index contributed by atoms with van der Waals surface area (Å²) in [5.41, 5.74) is 0. The maximum Gasteiger partial charge on any atom is 0.0707 e. The summed E-state index contributed by atoms with van der Waals surface area (Å²) in [6.45, 7) is 12.7. The van der Waals surface area contributed by atoms with Gasteiger partial charge in [-0.05, 0) is 44.2 Å². The van der Waals surface area contributed by atoms with Crippen molar-refractivity contribution in [2.45, 2.75) is 52.2 Å². The van der Waals surface area contributed by atoms with Gasteiger partial charge in [0.05, 0.1) is 12.2 Å². The predicted octanol–water partition coefficient (Wildman–Crippen LogP) is 2.12. The van der Waals surface area contributed by atoms with Gasteiger partial charge in [0.2, 0.25) is 0 Å². The van der Waals surface area contributed by atoms with E-state index in [0.717, 1.165) is 31.5 Å². The minimum Gasteiger partial charge on any atom is -0.372 e. The molecule has 3 heteroatoms. The van der Waals surface area contributed by atoms with Crippen LogP contribution in [0.15, 0.2) is 0 Å². The normalized spacial score (nSPS) is 33.7. The molecule has 1 N–H and O–H groups in total. The molecule has 2 heterocycles. The quantitative estimate of drug-likeness (QED) is 0.786. The number of nitrogens with one attached hydrogen (secondary N) is 1. The fraction of sp³-hybridized carbons (Fsp3) is 1.00. The number of ether oxygens (including phenoxy) is 1. The third kappa shape index (κ3) is 3.94. The second-order valence-corrected chi connectivity index (χ2v) is 6.32. The lowest BCUT2D eigenvalue weighted by atomic mass is 9.95. The van der Waals surface area contributed by atoms with Crippen LogP contribution in [-0.2, 0) is 4.74 Å². The van der Waals surface area contributed by atoms with E-state index in [2.05, 4.69) is 31.0 Å². The van der Waals surface area contributed by atoms with E-state index in [0.29, 0.717) is 12.2 Å². The Balaban J connectivity index is 1.66. The molecule has 2 aliphatic heterocycles. The topological polar surface area (TPSA) is 24.5 Å². The summed E-state index contributed by atoms with van der Waals surface area (Å²) in [4.78, 5) is 2.62. The molecule has 2 rings (SSSR count). The van der Waals surface area contributed by atoms with E-state index >= 15 is 0 Å². The maximum atomic E-state index is 6.12. The summed E-state index contributed by atoms with van der Waals surface area (Å²) < 4.78 is 6.12. The summed E-state index contributed by atoms with van der Waals surface area (Å²) in [6.07, 6.45) is 4.81. The Labute approximate surface area is 112 Å². The first-order chi connectivity index (χ1) is 8.69. The van der Waals surface area contributed by atoms with E-state index < -0.39 is 0 Å². The summed E-state index contributed by atoms with van der Waals surface area (Å²) in [5, 5.41) is 3.39. The summed E-state index contributed by atoms with van der Waals surface area (Å²) in [6, 6.07) is 0. The molecule has 106 valence electrons. The molecule has 0 aromatic rings. The standard InChI is InChI=1S/C15H30N2O/c1-4-16-9-14-5-6-15(18-14)11-17-8-7-13(10-17)12(2)3/h12-16H,4-11H2,1-3H3. The fourth-order valence-electron chi connectivity index (χ4n) is 3.23. The monoisotopic (exact) mass is 254 g/mol. The van der Waals surface area contributed by atoms with E-state index in [1.54, 1.807) is 0 Å². The second-order valence-electron chi connectivity index (χ2n) is 6.32. The van der Waals surface area contributed by atoms with Gasteiger partial charge >= 0.3 is 0 Å². The highest BCUT2D eigenvalue weighted by Crippen LogP contribution is 2.26. The second kappa shape index (κ2) is 6.88. The molecular weight excluding hydrogens is 224 g/mol. The van der Waals surface area contributed by atoms with Crippen LogP contribution in [0, 0.1) is 11.8 Å². The van der Waals surface area contributed by atoms with E-state index in [9.17, 15) is 0 Å². The number of likely N-dealkylation sites (N-methyl/N-ethyl adjacent to an activating group) is 1. The van der Waals surface area contributed by atoms with Gasteiger partial charge in [-0.2, -0.15) is 0 Å². The number of rotatable bonds is 6. The molecule has 0 spiro atoms. The van der Waals surface area contributed by atoms with Crippen molar-refractivity contribution in [2.75, 3.05) is 32.7 Å². The van der Waals surface area contributed by atoms with Crippen molar-refractivity contribution in [3.8, 4) is 0 Å². The van der Waals surface area contributed by atoms with Crippen molar-refractivity contribution in [3.05, 3.63) is 0 Å². The largest absolute Gasteiger partial charge is 0.372 e. The lowest BCUT2D eigenvalue weighted by Crippen LogP contribution is -2.33. The minimum absolute atomic E-state index is 0.457. The van der Waals surface area contributed by atoms with Crippen LogP contribution in [0.1, 0.15) is 40.0 Å². The smallest absolute Gasteiger partial charge is 0.0707 e. The van der Waals surface area contributed by atoms with Crippen molar-refractivity contribution in [1.82, 2.24) is 10.2 Å². The summed E-state index contributed by atoms with van der Waals surface area (Å²) >= 11 is 0. The number of nitrogens with zero attached hydrogens (tertiary/aromatic N) is 1. The molecule has 2 fully saturated rings. The van der Waals surface area contributed by atoms with Crippen molar-refractivity contribution in [1.29, 1.82) is 0 Å². The lowest BCUT2D eigenvalue weighted by molar-refractivity contribution is 0.0268. The third-order valence-corrected chi connectivity index (χ3v) is 4.53. The lowest BCUT2D eigenvalue weighted by Gasteiger charge is -2.22. The van der Waals surface area contributed by atoms with Crippen molar-refractivity contribution in [3.63, 3.8) is 0 Å². The number of hydrogen-bond donors (Lipinski definition) is 1. The van der Waals surface area contributed by atoms with Crippen LogP contribution in [-0.4, -0.2) is 49.8 Å². The van der Waals surface area contributed by atoms with Crippen LogP contribution in [0.5, 0.6) is 0 Å². The minimum atomic E-state index is 0.457. The Morgan fingerprint density at radius 1 is 1.22 bits per heavy atom. The van der Waals surface area contributed by atoms with Gasteiger partial charge in [-0.1, -0.05) is 20.8 Å². The molecule has 0 aliphatic carbocycles. The molecule has 0 amide bonds. The molecular formula is C15H30N2O. The van der Waals surface area contributed by atoms with Crippen LogP contribution >= 0.6 is 0 Å². The molecule has 2 aliphatic rings. The third-order valence-electron chi connectivity index (χ3n) is 4.53. The first-order valence-electron chi connectivity index (χ1n) is 7.77. The molecule has 0 saturated carbocycles. The van der Waals surface area contributed by atoms with Crippen LogP contribution in [0.25, 0.3) is 0 Å². The van der Waals surface area contributed by atoms with Crippen molar-refractivity contribution >= 4 is 0 Å². The molecule has 3 unspecified atom stereocenters. The highest BCUT2D eigenvalue weighted by molar-refractivity contribution is 4.83. The van der Waals surface area contributed by atoms with Gasteiger partial charge in [0.25, 0.3) is 0 Å². The number of hydrogen-bond acceptors (Lipinski definition) is 3. The zero-order chi connectivity index (χ0) is 13.0. The molecule has 0 bridgehead atoms. The summed E-state index contributed by atoms with van der Waals surface area (Å²) in [5.74, 6) is 1.74. The van der Waals surface area contributed by atoms with Crippen LogP contribution in [0.4, 0.5) is 0 Å². The Bertz CT molecular complexity index is 245. The van der Waals surface area contributed by atoms with Crippen molar-refractivity contribution < 1.29 is 4.74 Å². The van der Waals surface area contributed by atoms with Gasteiger partial charge in [0.1, 0.15) is 0 Å². The van der Waals surface area contributed by atoms with Gasteiger partial charge in [0, 0.05) is 19.6 Å². The first kappa shape index (κ1) is 14.3. The fourth-order valence-corrected chi connectivity index (χ4v) is 3.23. The average Bonchev–Trinajstić information content (AvgIpc) is 2.96. The molecule has 2 saturated heterocycles. The molecule has 3 atom stereocenters. The zero-order valence-corrected chi connectivity index (χ0v) is 12.3. The van der Waals surface area contributed by atoms with Crippen LogP contribution in [0.2, 0.25) is 0 Å². The van der Waals surface area contributed by atoms with E-state index in [4.69, 9.17) is 4.74 Å². The number of likely N-dealkylation sites (tertiary alicyclic amines) is 1. The molecule has 0 aromatic carbocycles. The Morgan fingerprint density at radius 3 is 2.67 bits per heavy atom.